The van der Waals surface area contributed by atoms with Gasteiger partial charge in [-0.15, -0.1) is 11.3 Å². The summed E-state index contributed by atoms with van der Waals surface area (Å²) in [6, 6.07) is 4.03. The lowest BCUT2D eigenvalue weighted by Crippen LogP contribution is -2.36. The maximum absolute atomic E-state index is 13.0. The van der Waals surface area contributed by atoms with E-state index in [9.17, 15) is 8.42 Å². The molecule has 0 radical (unpaired) electrons. The summed E-state index contributed by atoms with van der Waals surface area (Å²) in [4.78, 5) is 1.53. The highest BCUT2D eigenvalue weighted by Gasteiger charge is 2.31. The molecule has 1 saturated heterocycles. The molecule has 1 aliphatic heterocycles. The number of hydrogen-bond acceptors (Lipinski definition) is 4. The topological polar surface area (TPSA) is 55.2 Å². The fourth-order valence-corrected chi connectivity index (χ4v) is 6.38. The Morgan fingerprint density at radius 1 is 1.22 bits per heavy atom. The van der Waals surface area contributed by atoms with Crippen LogP contribution in [0.2, 0.25) is 0 Å². The van der Waals surface area contributed by atoms with E-state index in [-0.39, 0.29) is 0 Å². The van der Waals surface area contributed by atoms with Crippen molar-refractivity contribution in [1.29, 1.82) is 0 Å². The van der Waals surface area contributed by atoms with Gasteiger partial charge in [-0.2, -0.15) is 9.40 Å². The molecule has 0 spiro atoms. The predicted octanol–water partition coefficient (Wildman–Crippen LogP) is 3.55. The molecule has 1 fully saturated rings. The molecule has 2 aromatic heterocycles. The first kappa shape index (κ1) is 17.1. The zero-order chi connectivity index (χ0) is 16.6. The van der Waals surface area contributed by atoms with Crippen molar-refractivity contribution in [3.05, 3.63) is 32.2 Å². The van der Waals surface area contributed by atoms with E-state index in [2.05, 4.69) is 21.0 Å². The predicted molar refractivity (Wildman–Crippen MR) is 95.4 cm³/mol. The molecule has 0 amide bonds. The Bertz CT molecular complexity index is 805. The number of halogens is 1. The van der Waals surface area contributed by atoms with Gasteiger partial charge in [-0.3, -0.25) is 4.68 Å². The third-order valence-electron chi connectivity index (χ3n) is 4.16. The Morgan fingerprint density at radius 2 is 1.91 bits per heavy atom. The van der Waals surface area contributed by atoms with E-state index in [0.29, 0.717) is 30.2 Å². The summed E-state index contributed by atoms with van der Waals surface area (Å²) >= 11 is 5.09. The number of nitrogens with zero attached hydrogens (tertiary/aromatic N) is 3. The van der Waals surface area contributed by atoms with Gasteiger partial charge in [0.15, 0.2) is 0 Å². The van der Waals surface area contributed by atoms with Gasteiger partial charge in [0.2, 0.25) is 10.0 Å². The molecule has 0 unspecified atom stereocenters. The quantitative estimate of drug-likeness (QED) is 0.763. The SMILES string of the molecule is Cc1nn(Cc2ccc(Br)s2)c(C)c1S(=O)(=O)N1CCCCC1. The minimum atomic E-state index is -3.45. The van der Waals surface area contributed by atoms with E-state index in [0.717, 1.165) is 33.6 Å². The first-order valence-electron chi connectivity index (χ1n) is 7.68. The second-order valence-electron chi connectivity index (χ2n) is 5.83. The lowest BCUT2D eigenvalue weighted by atomic mass is 10.2. The van der Waals surface area contributed by atoms with Crippen LogP contribution in [-0.4, -0.2) is 35.6 Å². The molecule has 0 aliphatic carbocycles. The van der Waals surface area contributed by atoms with Gasteiger partial charge in [0.1, 0.15) is 4.90 Å². The Hall–Kier alpha value is -0.700. The minimum absolute atomic E-state index is 0.384. The van der Waals surface area contributed by atoms with Gasteiger partial charge in [0, 0.05) is 18.0 Å². The molecule has 1 aliphatic rings. The molecule has 0 saturated carbocycles. The number of aromatic nitrogens is 2. The van der Waals surface area contributed by atoms with Crippen LogP contribution in [0.25, 0.3) is 0 Å². The van der Waals surface area contributed by atoms with Crippen LogP contribution < -0.4 is 0 Å². The fourth-order valence-electron chi connectivity index (χ4n) is 3.03. The maximum Gasteiger partial charge on any atom is 0.246 e. The second kappa shape index (κ2) is 6.66. The molecular formula is C15H20BrN3O2S2. The van der Waals surface area contributed by atoms with Crippen LogP contribution in [0.15, 0.2) is 20.8 Å². The molecule has 126 valence electrons. The normalized spacial score (nSPS) is 16.8. The van der Waals surface area contributed by atoms with E-state index in [1.165, 1.54) is 0 Å². The largest absolute Gasteiger partial charge is 0.263 e. The van der Waals surface area contributed by atoms with E-state index in [4.69, 9.17) is 0 Å². The number of sulfonamides is 1. The maximum atomic E-state index is 13.0. The number of rotatable bonds is 4. The van der Waals surface area contributed by atoms with Gasteiger partial charge in [0.25, 0.3) is 0 Å². The molecule has 2 aromatic rings. The van der Waals surface area contributed by atoms with Crippen molar-refractivity contribution in [1.82, 2.24) is 14.1 Å². The highest BCUT2D eigenvalue weighted by molar-refractivity contribution is 9.11. The Balaban J connectivity index is 1.94. The van der Waals surface area contributed by atoms with E-state index in [1.54, 1.807) is 27.2 Å². The second-order valence-corrected chi connectivity index (χ2v) is 10.3. The van der Waals surface area contributed by atoms with Crippen molar-refractivity contribution in [2.75, 3.05) is 13.1 Å². The van der Waals surface area contributed by atoms with Gasteiger partial charge in [-0.1, -0.05) is 6.42 Å². The molecule has 23 heavy (non-hydrogen) atoms. The van der Waals surface area contributed by atoms with Crippen LogP contribution in [0.1, 0.15) is 35.5 Å². The van der Waals surface area contributed by atoms with E-state index in [1.807, 2.05) is 19.1 Å². The molecular weight excluding hydrogens is 398 g/mol. The Morgan fingerprint density at radius 3 is 2.52 bits per heavy atom. The number of thiophene rings is 1. The van der Waals surface area contributed by atoms with Crippen molar-refractivity contribution >= 4 is 37.3 Å². The van der Waals surface area contributed by atoms with E-state index < -0.39 is 10.0 Å². The highest BCUT2D eigenvalue weighted by atomic mass is 79.9. The number of piperidine rings is 1. The molecule has 0 bridgehead atoms. The third kappa shape index (κ3) is 3.40. The average Bonchev–Trinajstić information content (AvgIpc) is 3.04. The van der Waals surface area contributed by atoms with Gasteiger partial charge in [-0.05, 0) is 54.8 Å². The van der Waals surface area contributed by atoms with Crippen molar-refractivity contribution in [3.63, 3.8) is 0 Å². The summed E-state index contributed by atoms with van der Waals surface area (Å²) in [5, 5.41) is 4.48. The van der Waals surface area contributed by atoms with Gasteiger partial charge < -0.3 is 0 Å². The van der Waals surface area contributed by atoms with E-state index >= 15 is 0 Å². The van der Waals surface area contributed by atoms with Gasteiger partial charge in [-0.25, -0.2) is 8.42 Å². The Kier molecular flexibility index (Phi) is 4.96. The number of hydrogen-bond donors (Lipinski definition) is 0. The first-order chi connectivity index (χ1) is 10.9. The van der Waals surface area contributed by atoms with Crippen LogP contribution in [-0.2, 0) is 16.6 Å². The monoisotopic (exact) mass is 417 g/mol. The van der Waals surface area contributed by atoms with Crippen molar-refractivity contribution < 1.29 is 8.42 Å². The van der Waals surface area contributed by atoms with Crippen LogP contribution in [0.3, 0.4) is 0 Å². The molecule has 0 aromatic carbocycles. The highest BCUT2D eigenvalue weighted by Crippen LogP contribution is 2.28. The zero-order valence-electron chi connectivity index (χ0n) is 13.2. The molecule has 0 atom stereocenters. The molecule has 3 rings (SSSR count). The van der Waals surface area contributed by atoms with Gasteiger partial charge in [0.05, 0.1) is 21.7 Å². The Labute approximate surface area is 149 Å². The summed E-state index contributed by atoms with van der Waals surface area (Å²) in [6.07, 6.45) is 2.99. The summed E-state index contributed by atoms with van der Waals surface area (Å²) in [5.74, 6) is 0. The van der Waals surface area contributed by atoms with Crippen LogP contribution >= 0.6 is 27.3 Å². The van der Waals surface area contributed by atoms with Crippen molar-refractivity contribution in [2.45, 2.75) is 44.6 Å². The first-order valence-corrected chi connectivity index (χ1v) is 10.7. The molecule has 8 heteroatoms. The average molecular weight is 418 g/mol. The lowest BCUT2D eigenvalue weighted by Gasteiger charge is -2.25. The lowest BCUT2D eigenvalue weighted by molar-refractivity contribution is 0.346. The zero-order valence-corrected chi connectivity index (χ0v) is 16.5. The fraction of sp³-hybridized carbons (Fsp3) is 0.533. The van der Waals surface area contributed by atoms with Gasteiger partial charge >= 0.3 is 0 Å². The summed E-state index contributed by atoms with van der Waals surface area (Å²) in [7, 11) is -3.45. The summed E-state index contributed by atoms with van der Waals surface area (Å²) < 4.78 is 30.4. The summed E-state index contributed by atoms with van der Waals surface area (Å²) in [5.41, 5.74) is 1.31. The van der Waals surface area contributed by atoms with Crippen LogP contribution in [0, 0.1) is 13.8 Å². The minimum Gasteiger partial charge on any atom is -0.263 e. The number of aryl methyl sites for hydroxylation is 1. The summed E-state index contributed by atoms with van der Waals surface area (Å²) in [6.45, 7) is 5.46. The third-order valence-corrected chi connectivity index (χ3v) is 7.92. The van der Waals surface area contributed by atoms with Crippen molar-refractivity contribution in [2.24, 2.45) is 0 Å². The molecule has 5 nitrogen and oxygen atoms in total. The van der Waals surface area contributed by atoms with Crippen LogP contribution in [0.5, 0.6) is 0 Å². The molecule has 0 N–H and O–H groups in total. The standard InChI is InChI=1S/C15H20BrN3O2S2/c1-11-15(23(20,21)18-8-4-3-5-9-18)12(2)19(17-11)10-13-6-7-14(16)22-13/h6-7H,3-5,8-10H2,1-2H3. The van der Waals surface area contributed by atoms with Crippen LogP contribution in [0.4, 0.5) is 0 Å². The van der Waals surface area contributed by atoms with Crippen molar-refractivity contribution in [3.8, 4) is 0 Å². The smallest absolute Gasteiger partial charge is 0.246 e. The molecule has 3 heterocycles.